The van der Waals surface area contributed by atoms with Gasteiger partial charge in [0.15, 0.2) is 0 Å². The van der Waals surface area contributed by atoms with E-state index in [1.165, 1.54) is 0 Å². The molecule has 0 spiro atoms. The van der Waals surface area contributed by atoms with Gasteiger partial charge in [0.2, 0.25) is 5.92 Å². The maximum absolute atomic E-state index is 13.4. The van der Waals surface area contributed by atoms with Crippen molar-refractivity contribution in [2.75, 3.05) is 18.0 Å². The van der Waals surface area contributed by atoms with E-state index in [1.54, 1.807) is 6.20 Å². The molecule has 3 rings (SSSR count). The highest BCUT2D eigenvalue weighted by atomic mass is 19.3. The zero-order valence-corrected chi connectivity index (χ0v) is 10.6. The molecule has 2 heterocycles. The van der Waals surface area contributed by atoms with Crippen LogP contribution in [0, 0.1) is 0 Å². The zero-order chi connectivity index (χ0) is 13.3. The molecule has 1 aromatic heterocycles. The van der Waals surface area contributed by atoms with Crippen molar-refractivity contribution in [3.63, 3.8) is 0 Å². The molecular weight excluding hydrogens is 246 g/mol. The monoisotopic (exact) mass is 262 g/mol. The van der Waals surface area contributed by atoms with Crippen molar-refractivity contribution in [3.05, 3.63) is 36.5 Å². The molecule has 100 valence electrons. The summed E-state index contributed by atoms with van der Waals surface area (Å²) in [4.78, 5) is 6.41. The fourth-order valence-corrected chi connectivity index (χ4v) is 2.55. The lowest BCUT2D eigenvalue weighted by Crippen LogP contribution is -2.25. The summed E-state index contributed by atoms with van der Waals surface area (Å²) < 4.78 is 26.7. The van der Waals surface area contributed by atoms with Gasteiger partial charge in [0, 0.05) is 31.3 Å². The summed E-state index contributed by atoms with van der Waals surface area (Å²) in [5, 5.41) is 1.05. The number of rotatable bonds is 1. The van der Waals surface area contributed by atoms with Crippen molar-refractivity contribution in [1.82, 2.24) is 4.98 Å². The molecule has 0 amide bonds. The van der Waals surface area contributed by atoms with Gasteiger partial charge in [0.25, 0.3) is 0 Å². The molecule has 0 radical (unpaired) electrons. The summed E-state index contributed by atoms with van der Waals surface area (Å²) >= 11 is 0. The minimum Gasteiger partial charge on any atom is -0.370 e. The van der Waals surface area contributed by atoms with Crippen LogP contribution in [0.4, 0.5) is 14.5 Å². The predicted octanol–water partition coefficient (Wildman–Crippen LogP) is 3.86. The van der Waals surface area contributed by atoms with Gasteiger partial charge in [-0.25, -0.2) is 8.78 Å². The van der Waals surface area contributed by atoms with Crippen LogP contribution in [0.1, 0.15) is 19.3 Å². The highest BCUT2D eigenvalue weighted by Gasteiger charge is 2.31. The van der Waals surface area contributed by atoms with E-state index in [-0.39, 0.29) is 12.8 Å². The molecule has 1 saturated heterocycles. The van der Waals surface area contributed by atoms with Gasteiger partial charge in [0.05, 0.1) is 17.4 Å². The molecule has 1 aliphatic heterocycles. The van der Waals surface area contributed by atoms with E-state index in [2.05, 4.69) is 4.98 Å². The molecule has 0 aliphatic carbocycles. The molecule has 0 bridgehead atoms. The first-order chi connectivity index (χ1) is 9.14. The third-order valence-electron chi connectivity index (χ3n) is 3.66. The molecule has 2 aromatic rings. The van der Waals surface area contributed by atoms with Crippen molar-refractivity contribution in [3.8, 4) is 0 Å². The van der Waals surface area contributed by atoms with E-state index in [1.807, 2.05) is 35.2 Å². The lowest BCUT2D eigenvalue weighted by Gasteiger charge is -2.22. The van der Waals surface area contributed by atoms with Crippen molar-refractivity contribution in [2.24, 2.45) is 0 Å². The molecule has 2 nitrogen and oxygen atoms in total. The van der Waals surface area contributed by atoms with Gasteiger partial charge in [-0.1, -0.05) is 18.2 Å². The SMILES string of the molecule is FC1(F)CCCN(c2cnc3ccccc3c2)CC1. The fourth-order valence-electron chi connectivity index (χ4n) is 2.55. The maximum atomic E-state index is 13.4. The minimum atomic E-state index is -2.51. The second-order valence-electron chi connectivity index (χ2n) is 5.08. The lowest BCUT2D eigenvalue weighted by atomic mass is 10.1. The number of para-hydroxylation sites is 1. The topological polar surface area (TPSA) is 16.1 Å². The Morgan fingerprint density at radius 3 is 2.84 bits per heavy atom. The molecule has 0 N–H and O–H groups in total. The van der Waals surface area contributed by atoms with Gasteiger partial charge in [-0.05, 0) is 18.6 Å². The van der Waals surface area contributed by atoms with Crippen LogP contribution < -0.4 is 4.90 Å². The molecule has 0 saturated carbocycles. The van der Waals surface area contributed by atoms with Crippen LogP contribution in [0.3, 0.4) is 0 Å². The molecule has 4 heteroatoms. The average Bonchev–Trinajstić information content (AvgIpc) is 2.59. The number of fused-ring (bicyclic) bond motifs is 1. The molecule has 0 unspecified atom stereocenters. The summed E-state index contributed by atoms with van der Waals surface area (Å²) in [6.45, 7) is 1.07. The molecular formula is C15H16F2N2. The van der Waals surface area contributed by atoms with Gasteiger partial charge >= 0.3 is 0 Å². The van der Waals surface area contributed by atoms with Gasteiger partial charge in [-0.15, -0.1) is 0 Å². The van der Waals surface area contributed by atoms with Crippen LogP contribution in [-0.4, -0.2) is 24.0 Å². The van der Waals surface area contributed by atoms with E-state index < -0.39 is 5.92 Å². The van der Waals surface area contributed by atoms with E-state index in [0.29, 0.717) is 19.5 Å². The maximum Gasteiger partial charge on any atom is 0.249 e. The number of alkyl halides is 2. The number of anilines is 1. The second kappa shape index (κ2) is 4.76. The van der Waals surface area contributed by atoms with E-state index in [0.717, 1.165) is 16.6 Å². The molecule has 0 atom stereocenters. The number of hydrogen-bond acceptors (Lipinski definition) is 2. The first-order valence-electron chi connectivity index (χ1n) is 6.62. The summed E-state index contributed by atoms with van der Waals surface area (Å²) in [5.41, 5.74) is 1.88. The normalized spacial score (nSPS) is 19.4. The van der Waals surface area contributed by atoms with Gasteiger partial charge in [0.1, 0.15) is 0 Å². The van der Waals surface area contributed by atoms with Crippen molar-refractivity contribution in [2.45, 2.75) is 25.2 Å². The first kappa shape index (κ1) is 12.3. The lowest BCUT2D eigenvalue weighted by molar-refractivity contribution is -0.0102. The molecule has 19 heavy (non-hydrogen) atoms. The van der Waals surface area contributed by atoms with E-state index >= 15 is 0 Å². The highest BCUT2D eigenvalue weighted by molar-refractivity contribution is 5.81. The van der Waals surface area contributed by atoms with Crippen LogP contribution in [0.2, 0.25) is 0 Å². The Labute approximate surface area is 111 Å². The van der Waals surface area contributed by atoms with Gasteiger partial charge < -0.3 is 4.90 Å². The van der Waals surface area contributed by atoms with Crippen LogP contribution in [-0.2, 0) is 0 Å². The summed E-state index contributed by atoms with van der Waals surface area (Å²) in [5.74, 6) is -2.51. The number of halogens is 2. The quantitative estimate of drug-likeness (QED) is 0.775. The summed E-state index contributed by atoms with van der Waals surface area (Å²) in [7, 11) is 0. The Kier molecular flexibility index (Phi) is 3.09. The predicted molar refractivity (Wildman–Crippen MR) is 72.8 cm³/mol. The van der Waals surface area contributed by atoms with Crippen molar-refractivity contribution in [1.29, 1.82) is 0 Å². The summed E-state index contributed by atoms with van der Waals surface area (Å²) in [6.07, 6.45) is 2.23. The zero-order valence-electron chi connectivity index (χ0n) is 10.6. The van der Waals surface area contributed by atoms with E-state index in [9.17, 15) is 8.78 Å². The largest absolute Gasteiger partial charge is 0.370 e. The third kappa shape index (κ3) is 2.67. The number of pyridine rings is 1. The number of benzene rings is 1. The van der Waals surface area contributed by atoms with Crippen LogP contribution in [0.5, 0.6) is 0 Å². The number of aromatic nitrogens is 1. The fraction of sp³-hybridized carbons (Fsp3) is 0.400. The van der Waals surface area contributed by atoms with E-state index in [4.69, 9.17) is 0 Å². The average molecular weight is 262 g/mol. The smallest absolute Gasteiger partial charge is 0.249 e. The van der Waals surface area contributed by atoms with Crippen LogP contribution >= 0.6 is 0 Å². The molecule has 1 aromatic carbocycles. The minimum absolute atomic E-state index is 0.00941. The van der Waals surface area contributed by atoms with Crippen LogP contribution in [0.25, 0.3) is 10.9 Å². The van der Waals surface area contributed by atoms with Crippen molar-refractivity contribution < 1.29 is 8.78 Å². The Morgan fingerprint density at radius 2 is 1.95 bits per heavy atom. The Bertz CT molecular complexity index is 583. The number of nitrogens with zero attached hydrogens (tertiary/aromatic N) is 2. The number of hydrogen-bond donors (Lipinski definition) is 0. The highest BCUT2D eigenvalue weighted by Crippen LogP contribution is 2.30. The third-order valence-corrected chi connectivity index (χ3v) is 3.66. The Balaban J connectivity index is 1.87. The molecule has 1 aliphatic rings. The van der Waals surface area contributed by atoms with Crippen molar-refractivity contribution >= 4 is 16.6 Å². The van der Waals surface area contributed by atoms with Gasteiger partial charge in [-0.3, -0.25) is 4.98 Å². The summed E-state index contributed by atoms with van der Waals surface area (Å²) in [6, 6.07) is 9.89. The standard InChI is InChI=1S/C15H16F2N2/c16-15(17)6-3-8-19(9-7-15)13-10-12-4-1-2-5-14(12)18-11-13/h1-2,4-5,10-11H,3,6-9H2. The molecule has 1 fully saturated rings. The van der Waals surface area contributed by atoms with Gasteiger partial charge in [-0.2, -0.15) is 0 Å². The Morgan fingerprint density at radius 1 is 1.11 bits per heavy atom. The Hall–Kier alpha value is -1.71. The second-order valence-corrected chi connectivity index (χ2v) is 5.08. The first-order valence-corrected chi connectivity index (χ1v) is 6.62. The van der Waals surface area contributed by atoms with Crippen LogP contribution in [0.15, 0.2) is 36.5 Å².